The summed E-state index contributed by atoms with van der Waals surface area (Å²) in [5.74, 6) is 3.94. The molecule has 1 saturated heterocycles. The van der Waals surface area contributed by atoms with Crippen LogP contribution in [0.1, 0.15) is 48.0 Å². The molecule has 0 bridgehead atoms. The molecule has 1 aromatic heterocycles. The van der Waals surface area contributed by atoms with E-state index in [1.807, 2.05) is 0 Å². The van der Waals surface area contributed by atoms with Crippen molar-refractivity contribution in [3.8, 4) is 5.75 Å². The van der Waals surface area contributed by atoms with Crippen molar-refractivity contribution < 1.29 is 4.74 Å². The highest BCUT2D eigenvalue weighted by molar-refractivity contribution is 5.35. The summed E-state index contributed by atoms with van der Waals surface area (Å²) in [4.78, 5) is 2.52. The van der Waals surface area contributed by atoms with E-state index in [-0.39, 0.29) is 0 Å². The van der Waals surface area contributed by atoms with E-state index in [2.05, 4.69) is 51.7 Å². The van der Waals surface area contributed by atoms with Crippen LogP contribution in [0.4, 0.5) is 0 Å². The molecule has 2 aliphatic rings. The van der Waals surface area contributed by atoms with Crippen molar-refractivity contribution >= 4 is 0 Å². The SMILES string of the molecule is Cc1ccc(C)c(OCCN2CCCC(c3nnc4n3CCC4)C2)c1. The number of aryl methyl sites for hydroxylation is 3. The molecular weight excluding hydrogens is 312 g/mol. The van der Waals surface area contributed by atoms with Crippen LogP contribution in [0.3, 0.4) is 0 Å². The Morgan fingerprint density at radius 3 is 3.00 bits per heavy atom. The van der Waals surface area contributed by atoms with Crippen LogP contribution < -0.4 is 4.74 Å². The Morgan fingerprint density at radius 1 is 1.16 bits per heavy atom. The highest BCUT2D eigenvalue weighted by Gasteiger charge is 2.28. The lowest BCUT2D eigenvalue weighted by Gasteiger charge is -2.32. The Bertz CT molecular complexity index is 739. The van der Waals surface area contributed by atoms with Gasteiger partial charge in [0.25, 0.3) is 0 Å². The molecule has 2 aromatic rings. The highest BCUT2D eigenvalue weighted by atomic mass is 16.5. The van der Waals surface area contributed by atoms with Gasteiger partial charge in [-0.25, -0.2) is 0 Å². The molecule has 25 heavy (non-hydrogen) atoms. The summed E-state index contributed by atoms with van der Waals surface area (Å²) >= 11 is 0. The number of hydrogen-bond donors (Lipinski definition) is 0. The third kappa shape index (κ3) is 3.56. The number of ether oxygens (including phenoxy) is 1. The molecule has 0 amide bonds. The van der Waals surface area contributed by atoms with Gasteiger partial charge in [-0.05, 0) is 56.8 Å². The lowest BCUT2D eigenvalue weighted by atomic mass is 9.97. The standard InChI is InChI=1S/C20H28N4O/c1-15-7-8-16(2)18(13-15)25-12-11-23-9-3-5-17(14-23)20-22-21-19-6-4-10-24(19)20/h7-8,13,17H,3-6,9-12,14H2,1-2H3. The van der Waals surface area contributed by atoms with Gasteiger partial charge in [0.05, 0.1) is 0 Å². The summed E-state index contributed by atoms with van der Waals surface area (Å²) in [7, 11) is 0. The molecule has 1 unspecified atom stereocenters. The molecule has 3 heterocycles. The van der Waals surface area contributed by atoms with Crippen LogP contribution in [0, 0.1) is 13.8 Å². The van der Waals surface area contributed by atoms with E-state index >= 15 is 0 Å². The first-order valence-electron chi connectivity index (χ1n) is 9.55. The maximum atomic E-state index is 6.05. The van der Waals surface area contributed by atoms with Gasteiger partial charge < -0.3 is 9.30 Å². The van der Waals surface area contributed by atoms with E-state index < -0.39 is 0 Å². The van der Waals surface area contributed by atoms with Gasteiger partial charge >= 0.3 is 0 Å². The van der Waals surface area contributed by atoms with Gasteiger partial charge in [-0.1, -0.05) is 12.1 Å². The Morgan fingerprint density at radius 2 is 2.08 bits per heavy atom. The topological polar surface area (TPSA) is 43.2 Å². The van der Waals surface area contributed by atoms with Crippen LogP contribution >= 0.6 is 0 Å². The fraction of sp³-hybridized carbons (Fsp3) is 0.600. The van der Waals surface area contributed by atoms with E-state index in [0.29, 0.717) is 5.92 Å². The molecule has 1 fully saturated rings. The normalized spacial score (nSPS) is 20.6. The molecule has 134 valence electrons. The minimum atomic E-state index is 0.522. The van der Waals surface area contributed by atoms with Crippen molar-refractivity contribution in [3.63, 3.8) is 0 Å². The van der Waals surface area contributed by atoms with Crippen molar-refractivity contribution in [2.24, 2.45) is 0 Å². The molecule has 0 saturated carbocycles. The molecule has 5 nitrogen and oxygen atoms in total. The molecule has 2 aliphatic heterocycles. The van der Waals surface area contributed by atoms with Crippen molar-refractivity contribution in [2.45, 2.75) is 52.0 Å². The summed E-state index contributed by atoms with van der Waals surface area (Å²) in [6.07, 6.45) is 4.77. The van der Waals surface area contributed by atoms with E-state index in [0.717, 1.165) is 45.0 Å². The molecule has 1 aromatic carbocycles. The predicted molar refractivity (Wildman–Crippen MR) is 98.2 cm³/mol. The zero-order valence-corrected chi connectivity index (χ0v) is 15.4. The van der Waals surface area contributed by atoms with E-state index in [9.17, 15) is 0 Å². The minimum Gasteiger partial charge on any atom is -0.492 e. The first kappa shape index (κ1) is 16.6. The molecule has 4 rings (SSSR count). The number of fused-ring (bicyclic) bond motifs is 1. The lowest BCUT2D eigenvalue weighted by Crippen LogP contribution is -2.37. The third-order valence-corrected chi connectivity index (χ3v) is 5.52. The smallest absolute Gasteiger partial charge is 0.137 e. The lowest BCUT2D eigenvalue weighted by molar-refractivity contribution is 0.166. The van der Waals surface area contributed by atoms with Crippen LogP contribution in [-0.2, 0) is 13.0 Å². The second kappa shape index (κ2) is 7.16. The fourth-order valence-corrected chi connectivity index (χ4v) is 4.09. The molecule has 5 heteroatoms. The number of benzene rings is 1. The van der Waals surface area contributed by atoms with Crippen molar-refractivity contribution in [1.82, 2.24) is 19.7 Å². The Hall–Kier alpha value is -1.88. The fourth-order valence-electron chi connectivity index (χ4n) is 4.09. The first-order chi connectivity index (χ1) is 12.2. The van der Waals surface area contributed by atoms with Crippen molar-refractivity contribution in [2.75, 3.05) is 26.2 Å². The Balaban J connectivity index is 1.33. The molecular formula is C20H28N4O. The summed E-state index contributed by atoms with van der Waals surface area (Å²) in [5, 5.41) is 8.89. The number of aromatic nitrogens is 3. The third-order valence-electron chi connectivity index (χ3n) is 5.52. The second-order valence-electron chi connectivity index (χ2n) is 7.49. The van der Waals surface area contributed by atoms with Crippen molar-refractivity contribution in [3.05, 3.63) is 41.0 Å². The van der Waals surface area contributed by atoms with Crippen LogP contribution in [0.2, 0.25) is 0 Å². The molecule has 0 radical (unpaired) electrons. The molecule has 0 spiro atoms. The van der Waals surface area contributed by atoms with Crippen molar-refractivity contribution in [1.29, 1.82) is 0 Å². The Kier molecular flexibility index (Phi) is 4.75. The summed E-state index contributed by atoms with van der Waals surface area (Å²) in [5.41, 5.74) is 2.46. The number of rotatable bonds is 5. The summed E-state index contributed by atoms with van der Waals surface area (Å²) in [6, 6.07) is 6.40. The summed E-state index contributed by atoms with van der Waals surface area (Å²) < 4.78 is 8.41. The van der Waals surface area contributed by atoms with Crippen LogP contribution in [0.25, 0.3) is 0 Å². The van der Waals surface area contributed by atoms with Crippen LogP contribution in [0.5, 0.6) is 5.75 Å². The molecule has 1 atom stereocenters. The number of nitrogens with zero attached hydrogens (tertiary/aromatic N) is 4. The molecule has 0 aliphatic carbocycles. The minimum absolute atomic E-state index is 0.522. The van der Waals surface area contributed by atoms with Crippen LogP contribution in [-0.4, -0.2) is 45.9 Å². The molecule has 0 N–H and O–H groups in total. The van der Waals surface area contributed by atoms with E-state index in [1.165, 1.54) is 42.0 Å². The van der Waals surface area contributed by atoms with Gasteiger partial charge in [0.1, 0.15) is 24.0 Å². The maximum absolute atomic E-state index is 6.05. The second-order valence-corrected chi connectivity index (χ2v) is 7.49. The van der Waals surface area contributed by atoms with Gasteiger partial charge in [0.15, 0.2) is 0 Å². The maximum Gasteiger partial charge on any atom is 0.137 e. The summed E-state index contributed by atoms with van der Waals surface area (Å²) in [6.45, 7) is 9.28. The van der Waals surface area contributed by atoms with Gasteiger partial charge in [0.2, 0.25) is 0 Å². The van der Waals surface area contributed by atoms with Gasteiger partial charge in [0, 0.05) is 32.0 Å². The highest BCUT2D eigenvalue weighted by Crippen LogP contribution is 2.28. The van der Waals surface area contributed by atoms with Gasteiger partial charge in [-0.15, -0.1) is 10.2 Å². The van der Waals surface area contributed by atoms with E-state index in [4.69, 9.17) is 4.74 Å². The predicted octanol–water partition coefficient (Wildman–Crippen LogP) is 3.10. The van der Waals surface area contributed by atoms with E-state index in [1.54, 1.807) is 0 Å². The monoisotopic (exact) mass is 340 g/mol. The first-order valence-corrected chi connectivity index (χ1v) is 9.55. The average molecular weight is 340 g/mol. The van der Waals surface area contributed by atoms with Crippen LogP contribution in [0.15, 0.2) is 18.2 Å². The average Bonchev–Trinajstić information content (AvgIpc) is 3.22. The zero-order valence-electron chi connectivity index (χ0n) is 15.4. The number of piperidine rings is 1. The number of hydrogen-bond acceptors (Lipinski definition) is 4. The largest absolute Gasteiger partial charge is 0.492 e. The van der Waals surface area contributed by atoms with Gasteiger partial charge in [-0.3, -0.25) is 4.90 Å². The van der Waals surface area contributed by atoms with Gasteiger partial charge in [-0.2, -0.15) is 0 Å². The zero-order chi connectivity index (χ0) is 17.2. The Labute approximate surface area is 150 Å². The number of likely N-dealkylation sites (tertiary alicyclic amines) is 1. The quantitative estimate of drug-likeness (QED) is 0.839.